The minimum atomic E-state index is 0.405. The van der Waals surface area contributed by atoms with Gasteiger partial charge in [0.2, 0.25) is 0 Å². The van der Waals surface area contributed by atoms with E-state index in [4.69, 9.17) is 0 Å². The lowest BCUT2D eigenvalue weighted by molar-refractivity contribution is 0.491. The Hall–Kier alpha value is -1.71. The summed E-state index contributed by atoms with van der Waals surface area (Å²) in [5.41, 5.74) is 5.35. The van der Waals surface area contributed by atoms with E-state index in [1.807, 2.05) is 12.3 Å². The Balaban J connectivity index is 1.76. The molecule has 0 saturated heterocycles. The van der Waals surface area contributed by atoms with Crippen molar-refractivity contribution in [2.24, 2.45) is 0 Å². The predicted molar refractivity (Wildman–Crippen MR) is 86.0 cm³/mol. The molecule has 1 aromatic carbocycles. The summed E-state index contributed by atoms with van der Waals surface area (Å²) >= 11 is 0. The zero-order chi connectivity index (χ0) is 14.5. The van der Waals surface area contributed by atoms with E-state index in [1.165, 1.54) is 22.4 Å². The molecule has 3 nitrogen and oxygen atoms in total. The van der Waals surface area contributed by atoms with Crippen molar-refractivity contribution >= 4 is 0 Å². The second kappa shape index (κ2) is 6.83. The van der Waals surface area contributed by atoms with Crippen LogP contribution in [0.5, 0.6) is 0 Å². The number of aromatic nitrogens is 1. The summed E-state index contributed by atoms with van der Waals surface area (Å²) in [6, 6.07) is 13.3. The highest BCUT2D eigenvalue weighted by molar-refractivity contribution is 5.31. The zero-order valence-corrected chi connectivity index (χ0v) is 12.6. The lowest BCUT2D eigenvalue weighted by Crippen LogP contribution is -2.23. The molecule has 1 aliphatic heterocycles. The molecule has 1 aliphatic rings. The standard InChI is InChI=1S/C18H23N3/c1-2-14-7-5-10-20-18(14)13-21-17-9-11-19-12-15-6-3-4-8-16(15)17/h3-8,10,17,19,21H,2,9,11-13H2,1H3. The van der Waals surface area contributed by atoms with E-state index in [1.54, 1.807) is 0 Å². The molecule has 2 N–H and O–H groups in total. The maximum atomic E-state index is 4.54. The van der Waals surface area contributed by atoms with Crippen LogP contribution in [0.25, 0.3) is 0 Å². The van der Waals surface area contributed by atoms with Crippen molar-refractivity contribution < 1.29 is 0 Å². The number of fused-ring (bicyclic) bond motifs is 1. The van der Waals surface area contributed by atoms with E-state index in [2.05, 4.69) is 52.9 Å². The van der Waals surface area contributed by atoms with Crippen LogP contribution in [0.1, 0.15) is 41.8 Å². The maximum Gasteiger partial charge on any atom is 0.0573 e. The van der Waals surface area contributed by atoms with Gasteiger partial charge in [0.1, 0.15) is 0 Å². The molecule has 3 rings (SSSR count). The van der Waals surface area contributed by atoms with E-state index in [0.29, 0.717) is 6.04 Å². The van der Waals surface area contributed by atoms with Crippen LogP contribution < -0.4 is 10.6 Å². The molecule has 0 aliphatic carbocycles. The average molecular weight is 281 g/mol. The third kappa shape index (κ3) is 3.31. The van der Waals surface area contributed by atoms with Gasteiger partial charge in [-0.05, 0) is 42.1 Å². The van der Waals surface area contributed by atoms with Gasteiger partial charge < -0.3 is 10.6 Å². The second-order valence-corrected chi connectivity index (χ2v) is 5.56. The monoisotopic (exact) mass is 281 g/mol. The van der Waals surface area contributed by atoms with Crippen LogP contribution in [-0.2, 0) is 19.5 Å². The molecule has 0 spiro atoms. The number of pyridine rings is 1. The second-order valence-electron chi connectivity index (χ2n) is 5.56. The van der Waals surface area contributed by atoms with Crippen LogP contribution in [0.15, 0.2) is 42.6 Å². The molecule has 2 heterocycles. The van der Waals surface area contributed by atoms with E-state index in [9.17, 15) is 0 Å². The molecular formula is C18H23N3. The molecule has 1 aromatic heterocycles. The fourth-order valence-corrected chi connectivity index (χ4v) is 3.04. The van der Waals surface area contributed by atoms with Crippen LogP contribution in [0, 0.1) is 0 Å². The van der Waals surface area contributed by atoms with Gasteiger partial charge in [0.05, 0.1) is 5.69 Å². The van der Waals surface area contributed by atoms with Gasteiger partial charge in [-0.2, -0.15) is 0 Å². The topological polar surface area (TPSA) is 37.0 Å². The van der Waals surface area contributed by atoms with Gasteiger partial charge in [-0.1, -0.05) is 37.3 Å². The summed E-state index contributed by atoms with van der Waals surface area (Å²) < 4.78 is 0. The maximum absolute atomic E-state index is 4.54. The highest BCUT2D eigenvalue weighted by Crippen LogP contribution is 2.24. The van der Waals surface area contributed by atoms with Crippen molar-refractivity contribution in [1.82, 2.24) is 15.6 Å². The molecule has 3 heteroatoms. The van der Waals surface area contributed by atoms with Crippen molar-refractivity contribution in [3.8, 4) is 0 Å². The average Bonchev–Trinajstić information content (AvgIpc) is 2.75. The third-order valence-electron chi connectivity index (χ3n) is 4.24. The first-order valence-corrected chi connectivity index (χ1v) is 7.83. The summed E-state index contributed by atoms with van der Waals surface area (Å²) in [6.07, 6.45) is 4.04. The number of hydrogen-bond donors (Lipinski definition) is 2. The van der Waals surface area contributed by atoms with Crippen LogP contribution in [0.3, 0.4) is 0 Å². The zero-order valence-electron chi connectivity index (χ0n) is 12.6. The number of nitrogens with zero attached hydrogens (tertiary/aromatic N) is 1. The Bertz CT molecular complexity index is 595. The van der Waals surface area contributed by atoms with Crippen molar-refractivity contribution in [3.63, 3.8) is 0 Å². The van der Waals surface area contributed by atoms with Gasteiger partial charge in [0, 0.05) is 25.3 Å². The van der Waals surface area contributed by atoms with Crippen molar-refractivity contribution in [2.45, 2.75) is 38.9 Å². The molecule has 21 heavy (non-hydrogen) atoms. The van der Waals surface area contributed by atoms with Crippen molar-refractivity contribution in [1.29, 1.82) is 0 Å². The van der Waals surface area contributed by atoms with Gasteiger partial charge in [-0.15, -0.1) is 0 Å². The molecule has 2 aromatic rings. The highest BCUT2D eigenvalue weighted by Gasteiger charge is 2.17. The number of aryl methyl sites for hydroxylation is 1. The fraction of sp³-hybridized carbons (Fsp3) is 0.389. The number of hydrogen-bond acceptors (Lipinski definition) is 3. The smallest absolute Gasteiger partial charge is 0.0573 e. The third-order valence-corrected chi connectivity index (χ3v) is 4.24. The minimum Gasteiger partial charge on any atom is -0.313 e. The number of rotatable bonds is 4. The molecule has 110 valence electrons. The van der Waals surface area contributed by atoms with Gasteiger partial charge >= 0.3 is 0 Å². The fourth-order valence-electron chi connectivity index (χ4n) is 3.04. The lowest BCUT2D eigenvalue weighted by atomic mass is 9.99. The Labute approximate surface area is 126 Å². The van der Waals surface area contributed by atoms with Gasteiger partial charge in [-0.25, -0.2) is 0 Å². The van der Waals surface area contributed by atoms with Crippen LogP contribution in [-0.4, -0.2) is 11.5 Å². The Morgan fingerprint density at radius 1 is 1.24 bits per heavy atom. The Morgan fingerprint density at radius 2 is 2.14 bits per heavy atom. The van der Waals surface area contributed by atoms with Gasteiger partial charge in [0.25, 0.3) is 0 Å². The molecule has 1 unspecified atom stereocenters. The van der Waals surface area contributed by atoms with E-state index < -0.39 is 0 Å². The van der Waals surface area contributed by atoms with E-state index in [0.717, 1.165) is 32.5 Å². The first-order valence-electron chi connectivity index (χ1n) is 7.83. The van der Waals surface area contributed by atoms with Crippen molar-refractivity contribution in [2.75, 3.05) is 6.54 Å². The number of nitrogens with one attached hydrogen (secondary N) is 2. The SMILES string of the molecule is CCc1cccnc1CNC1CCNCc2ccccc21. The lowest BCUT2D eigenvalue weighted by Gasteiger charge is -2.19. The quantitative estimate of drug-likeness (QED) is 0.904. The minimum absolute atomic E-state index is 0.405. The Kier molecular flexibility index (Phi) is 4.63. The molecule has 1 atom stereocenters. The molecule has 0 saturated carbocycles. The normalized spacial score (nSPS) is 18.0. The molecular weight excluding hydrogens is 258 g/mol. The summed E-state index contributed by atoms with van der Waals surface area (Å²) in [7, 11) is 0. The van der Waals surface area contributed by atoms with Gasteiger partial charge in [-0.3, -0.25) is 4.98 Å². The van der Waals surface area contributed by atoms with Crippen LogP contribution >= 0.6 is 0 Å². The molecule has 0 bridgehead atoms. The summed E-state index contributed by atoms with van der Waals surface area (Å²) in [4.78, 5) is 4.54. The summed E-state index contributed by atoms with van der Waals surface area (Å²) in [5.74, 6) is 0. The van der Waals surface area contributed by atoms with E-state index >= 15 is 0 Å². The highest BCUT2D eigenvalue weighted by atomic mass is 15.0. The first kappa shape index (κ1) is 14.2. The Morgan fingerprint density at radius 3 is 3.05 bits per heavy atom. The van der Waals surface area contributed by atoms with Gasteiger partial charge in [0.15, 0.2) is 0 Å². The first-order chi connectivity index (χ1) is 10.4. The van der Waals surface area contributed by atoms with Crippen LogP contribution in [0.2, 0.25) is 0 Å². The number of benzene rings is 1. The largest absolute Gasteiger partial charge is 0.313 e. The van der Waals surface area contributed by atoms with E-state index in [-0.39, 0.29) is 0 Å². The summed E-state index contributed by atoms with van der Waals surface area (Å²) in [6.45, 7) is 5.04. The van der Waals surface area contributed by atoms with Crippen LogP contribution in [0.4, 0.5) is 0 Å². The molecule has 0 amide bonds. The summed E-state index contributed by atoms with van der Waals surface area (Å²) in [5, 5.41) is 7.20. The molecule has 0 fully saturated rings. The predicted octanol–water partition coefficient (Wildman–Crippen LogP) is 2.97. The molecule has 0 radical (unpaired) electrons. The van der Waals surface area contributed by atoms with Crippen molar-refractivity contribution in [3.05, 3.63) is 65.0 Å².